The number of rotatable bonds is 6. The van der Waals surface area contributed by atoms with Gasteiger partial charge in [0, 0.05) is 57.0 Å². The number of carbonyl (C=O) groups is 1. The van der Waals surface area contributed by atoms with Crippen LogP contribution in [0, 0.1) is 0 Å². The number of carbonyl (C=O) groups excluding carboxylic acids is 1. The normalized spacial score (nSPS) is 15.9. The monoisotopic (exact) mass is 399 g/mol. The lowest BCUT2D eigenvalue weighted by molar-refractivity contribution is -0.133. The summed E-state index contributed by atoms with van der Waals surface area (Å²) in [7, 11) is 0. The van der Waals surface area contributed by atoms with Crippen molar-refractivity contribution >= 4 is 5.91 Å². The quantitative estimate of drug-likeness (QED) is 0.612. The highest BCUT2D eigenvalue weighted by Gasteiger charge is 2.27. The molecule has 1 fully saturated rings. The van der Waals surface area contributed by atoms with E-state index in [0.717, 1.165) is 26.2 Å². The molecule has 0 spiro atoms. The Morgan fingerprint density at radius 2 is 1.40 bits per heavy atom. The molecule has 1 atom stereocenters. The van der Waals surface area contributed by atoms with Crippen LogP contribution < -0.4 is 0 Å². The van der Waals surface area contributed by atoms with E-state index in [1.165, 1.54) is 16.7 Å². The molecule has 3 aromatic rings. The van der Waals surface area contributed by atoms with Crippen molar-refractivity contribution < 1.29 is 4.79 Å². The van der Waals surface area contributed by atoms with Crippen LogP contribution in [-0.4, -0.2) is 46.9 Å². The van der Waals surface area contributed by atoms with E-state index in [2.05, 4.69) is 47.1 Å². The van der Waals surface area contributed by atoms with Gasteiger partial charge >= 0.3 is 0 Å². The van der Waals surface area contributed by atoms with Crippen LogP contribution in [0.5, 0.6) is 0 Å². The van der Waals surface area contributed by atoms with Gasteiger partial charge in [0.05, 0.1) is 0 Å². The minimum Gasteiger partial charge on any atom is -0.340 e. The first-order valence-corrected chi connectivity index (χ1v) is 10.7. The summed E-state index contributed by atoms with van der Waals surface area (Å²) >= 11 is 0. The molecule has 1 amide bonds. The first-order chi connectivity index (χ1) is 14.7. The Balaban J connectivity index is 1.41. The minimum absolute atomic E-state index is 0.0900. The van der Waals surface area contributed by atoms with Gasteiger partial charge in [-0.1, -0.05) is 66.7 Å². The number of benzene rings is 2. The molecule has 4 rings (SSSR count). The maximum Gasteiger partial charge on any atom is 0.223 e. The number of hydrogen-bond donors (Lipinski definition) is 0. The van der Waals surface area contributed by atoms with Crippen LogP contribution in [0.4, 0.5) is 0 Å². The van der Waals surface area contributed by atoms with Crippen LogP contribution in [0.25, 0.3) is 0 Å². The topological polar surface area (TPSA) is 36.4 Å². The second-order valence-electron chi connectivity index (χ2n) is 7.96. The highest BCUT2D eigenvalue weighted by molar-refractivity contribution is 5.78. The van der Waals surface area contributed by atoms with Crippen molar-refractivity contribution in [1.29, 1.82) is 0 Å². The Bertz CT molecular complexity index is 883. The third-order valence-electron chi connectivity index (χ3n) is 6.16. The van der Waals surface area contributed by atoms with E-state index in [1.807, 2.05) is 59.8 Å². The molecular weight excluding hydrogens is 370 g/mol. The fourth-order valence-corrected chi connectivity index (χ4v) is 4.30. The van der Waals surface area contributed by atoms with Crippen LogP contribution in [0.15, 0.2) is 85.2 Å². The molecule has 0 bridgehead atoms. The molecule has 1 aliphatic heterocycles. The zero-order valence-corrected chi connectivity index (χ0v) is 17.5. The molecule has 30 heavy (non-hydrogen) atoms. The maximum atomic E-state index is 13.2. The predicted molar refractivity (Wildman–Crippen MR) is 120 cm³/mol. The van der Waals surface area contributed by atoms with Gasteiger partial charge in [-0.15, -0.1) is 0 Å². The lowest BCUT2D eigenvalue weighted by atomic mass is 9.88. The van der Waals surface area contributed by atoms with E-state index in [-0.39, 0.29) is 11.8 Å². The van der Waals surface area contributed by atoms with E-state index in [4.69, 9.17) is 0 Å². The number of aromatic nitrogens is 1. The van der Waals surface area contributed by atoms with Crippen LogP contribution in [0.1, 0.15) is 42.0 Å². The molecule has 0 N–H and O–H groups in total. The van der Waals surface area contributed by atoms with E-state index < -0.39 is 0 Å². The van der Waals surface area contributed by atoms with E-state index in [9.17, 15) is 4.79 Å². The van der Waals surface area contributed by atoms with Gasteiger partial charge in [-0.2, -0.15) is 0 Å². The van der Waals surface area contributed by atoms with Gasteiger partial charge in [-0.25, -0.2) is 0 Å². The van der Waals surface area contributed by atoms with Crippen molar-refractivity contribution in [3.8, 4) is 0 Å². The van der Waals surface area contributed by atoms with E-state index in [1.54, 1.807) is 0 Å². The number of nitrogens with zero attached hydrogens (tertiary/aromatic N) is 3. The zero-order valence-electron chi connectivity index (χ0n) is 17.5. The highest BCUT2D eigenvalue weighted by Crippen LogP contribution is 2.29. The average molecular weight is 400 g/mol. The van der Waals surface area contributed by atoms with Crippen molar-refractivity contribution in [2.75, 3.05) is 26.2 Å². The average Bonchev–Trinajstić information content (AvgIpc) is 2.83. The summed E-state index contributed by atoms with van der Waals surface area (Å²) in [4.78, 5) is 21.9. The number of piperazine rings is 1. The first kappa shape index (κ1) is 20.3. The van der Waals surface area contributed by atoms with Crippen LogP contribution >= 0.6 is 0 Å². The van der Waals surface area contributed by atoms with Crippen LogP contribution in [0.2, 0.25) is 0 Å². The fourth-order valence-electron chi connectivity index (χ4n) is 4.30. The molecule has 0 radical (unpaired) electrons. The molecule has 4 nitrogen and oxygen atoms in total. The van der Waals surface area contributed by atoms with Gasteiger partial charge in [0.1, 0.15) is 0 Å². The van der Waals surface area contributed by atoms with Gasteiger partial charge < -0.3 is 4.90 Å². The summed E-state index contributed by atoms with van der Waals surface area (Å²) in [6, 6.07) is 25.2. The molecule has 2 aromatic carbocycles. The predicted octanol–water partition coefficient (Wildman–Crippen LogP) is 4.51. The van der Waals surface area contributed by atoms with E-state index in [0.29, 0.717) is 12.5 Å². The van der Waals surface area contributed by atoms with Crippen LogP contribution in [0.3, 0.4) is 0 Å². The van der Waals surface area contributed by atoms with E-state index >= 15 is 0 Å². The summed E-state index contributed by atoms with van der Waals surface area (Å²) in [5, 5.41) is 0. The second kappa shape index (κ2) is 9.68. The molecular formula is C26H29N3O. The summed E-state index contributed by atoms with van der Waals surface area (Å²) in [5.41, 5.74) is 3.62. The summed E-state index contributed by atoms with van der Waals surface area (Å²) in [6.45, 7) is 5.56. The Labute approximate surface area is 179 Å². The first-order valence-electron chi connectivity index (χ1n) is 10.7. The van der Waals surface area contributed by atoms with Gasteiger partial charge in [-0.3, -0.25) is 14.7 Å². The molecule has 4 heteroatoms. The zero-order chi connectivity index (χ0) is 20.8. The third kappa shape index (κ3) is 4.77. The van der Waals surface area contributed by atoms with Crippen molar-refractivity contribution in [3.05, 3.63) is 102 Å². The number of hydrogen-bond acceptors (Lipinski definition) is 3. The Morgan fingerprint density at radius 3 is 1.93 bits per heavy atom. The SMILES string of the molecule is CC(c1cccnc1)N1CCN(C(=O)CC(c2ccccc2)c2ccccc2)CC1. The maximum absolute atomic E-state index is 13.2. The lowest BCUT2D eigenvalue weighted by Crippen LogP contribution is -2.49. The Hall–Kier alpha value is -2.98. The molecule has 0 saturated carbocycles. The molecule has 1 saturated heterocycles. The summed E-state index contributed by atoms with van der Waals surface area (Å²) in [6.07, 6.45) is 4.25. The van der Waals surface area contributed by atoms with Crippen molar-refractivity contribution in [2.24, 2.45) is 0 Å². The standard InChI is InChI=1S/C26H29N3O/c1-21(24-13-8-14-27-20-24)28-15-17-29(18-16-28)26(30)19-25(22-9-4-2-5-10-22)23-11-6-3-7-12-23/h2-14,20-21,25H,15-19H2,1H3. The number of amides is 1. The fraction of sp³-hybridized carbons (Fsp3) is 0.308. The highest BCUT2D eigenvalue weighted by atomic mass is 16.2. The second-order valence-corrected chi connectivity index (χ2v) is 7.96. The van der Waals surface area contributed by atoms with Gasteiger partial charge in [0.25, 0.3) is 0 Å². The molecule has 154 valence electrons. The third-order valence-corrected chi connectivity index (χ3v) is 6.16. The summed E-state index contributed by atoms with van der Waals surface area (Å²) in [5.74, 6) is 0.327. The Morgan fingerprint density at radius 1 is 0.833 bits per heavy atom. The van der Waals surface area contributed by atoms with Crippen molar-refractivity contribution in [1.82, 2.24) is 14.8 Å². The summed E-state index contributed by atoms with van der Waals surface area (Å²) < 4.78 is 0. The Kier molecular flexibility index (Phi) is 6.55. The van der Waals surface area contributed by atoms with Crippen molar-refractivity contribution in [3.63, 3.8) is 0 Å². The van der Waals surface area contributed by atoms with Gasteiger partial charge in [-0.05, 0) is 29.7 Å². The molecule has 1 unspecified atom stereocenters. The van der Waals surface area contributed by atoms with Crippen molar-refractivity contribution in [2.45, 2.75) is 25.3 Å². The van der Waals surface area contributed by atoms with Crippen LogP contribution in [-0.2, 0) is 4.79 Å². The number of pyridine rings is 1. The molecule has 1 aliphatic rings. The largest absolute Gasteiger partial charge is 0.340 e. The molecule has 2 heterocycles. The lowest BCUT2D eigenvalue weighted by Gasteiger charge is -2.38. The molecule has 1 aromatic heterocycles. The van der Waals surface area contributed by atoms with Gasteiger partial charge in [0.15, 0.2) is 0 Å². The smallest absolute Gasteiger partial charge is 0.223 e. The van der Waals surface area contributed by atoms with Gasteiger partial charge in [0.2, 0.25) is 5.91 Å². The minimum atomic E-state index is 0.0900. The molecule has 0 aliphatic carbocycles.